The van der Waals surface area contributed by atoms with Gasteiger partial charge in [-0.1, -0.05) is 42.1 Å². The summed E-state index contributed by atoms with van der Waals surface area (Å²) < 4.78 is 5.45. The van der Waals surface area contributed by atoms with Crippen LogP contribution in [-0.4, -0.2) is 32.9 Å². The number of carbonyl (C=O) groups is 2. The molecule has 2 N–H and O–H groups in total. The van der Waals surface area contributed by atoms with E-state index in [0.29, 0.717) is 18.0 Å². The molecule has 26 heavy (non-hydrogen) atoms. The highest BCUT2D eigenvalue weighted by Crippen LogP contribution is 2.22. The number of pyridine rings is 1. The van der Waals surface area contributed by atoms with E-state index >= 15 is 0 Å². The highest BCUT2D eigenvalue weighted by Gasteiger charge is 2.13. The van der Waals surface area contributed by atoms with Gasteiger partial charge in [-0.05, 0) is 17.7 Å². The molecule has 0 fully saturated rings. The van der Waals surface area contributed by atoms with Gasteiger partial charge in [0.2, 0.25) is 11.8 Å². The number of nitrogens with zero attached hydrogens (tertiary/aromatic N) is 3. The molecule has 2 aromatic heterocycles. The van der Waals surface area contributed by atoms with Crippen molar-refractivity contribution in [3.05, 3.63) is 60.4 Å². The zero-order valence-electron chi connectivity index (χ0n) is 13.6. The fourth-order valence-electron chi connectivity index (χ4n) is 1.99. The number of carbonyl (C=O) groups excluding carboxylic acids is 2. The van der Waals surface area contributed by atoms with Crippen molar-refractivity contribution in [2.45, 2.75) is 11.8 Å². The number of amides is 3. The maximum atomic E-state index is 11.8. The first-order valence-electron chi connectivity index (χ1n) is 7.69. The largest absolute Gasteiger partial charge is 0.411 e. The van der Waals surface area contributed by atoms with Crippen LogP contribution in [0.15, 0.2) is 64.5 Å². The Morgan fingerprint density at radius 1 is 1.08 bits per heavy atom. The van der Waals surface area contributed by atoms with Crippen LogP contribution in [0.2, 0.25) is 0 Å². The summed E-state index contributed by atoms with van der Waals surface area (Å²) in [6.07, 6.45) is 3.24. The van der Waals surface area contributed by atoms with Gasteiger partial charge in [0.1, 0.15) is 0 Å². The molecule has 0 unspecified atom stereocenters. The normalized spacial score (nSPS) is 10.3. The van der Waals surface area contributed by atoms with Crippen LogP contribution in [0.5, 0.6) is 0 Å². The number of aromatic nitrogens is 3. The Morgan fingerprint density at radius 2 is 1.92 bits per heavy atom. The first-order chi connectivity index (χ1) is 12.7. The monoisotopic (exact) mass is 369 g/mol. The Morgan fingerprint density at radius 3 is 2.69 bits per heavy atom. The van der Waals surface area contributed by atoms with E-state index in [-0.39, 0.29) is 11.0 Å². The topological polar surface area (TPSA) is 110 Å². The molecule has 0 atom stereocenters. The minimum atomic E-state index is -0.555. The third-order valence-corrected chi connectivity index (χ3v) is 4.01. The summed E-state index contributed by atoms with van der Waals surface area (Å²) in [5.41, 5.74) is 1.63. The molecule has 0 radical (unpaired) electrons. The summed E-state index contributed by atoms with van der Waals surface area (Å²) in [6, 6.07) is 12.4. The van der Waals surface area contributed by atoms with E-state index in [4.69, 9.17) is 4.42 Å². The van der Waals surface area contributed by atoms with Gasteiger partial charge in [-0.2, -0.15) is 0 Å². The van der Waals surface area contributed by atoms with Crippen LogP contribution in [0.4, 0.5) is 4.79 Å². The second kappa shape index (κ2) is 8.77. The summed E-state index contributed by atoms with van der Waals surface area (Å²) in [4.78, 5) is 27.5. The van der Waals surface area contributed by atoms with Gasteiger partial charge in [0.25, 0.3) is 5.22 Å². The van der Waals surface area contributed by atoms with E-state index in [9.17, 15) is 9.59 Å². The van der Waals surface area contributed by atoms with Crippen molar-refractivity contribution in [1.82, 2.24) is 25.8 Å². The highest BCUT2D eigenvalue weighted by molar-refractivity contribution is 7.99. The predicted octanol–water partition coefficient (Wildman–Crippen LogP) is 2.25. The minimum absolute atomic E-state index is 0.0204. The van der Waals surface area contributed by atoms with Crippen molar-refractivity contribution in [2.75, 3.05) is 5.75 Å². The fourth-order valence-corrected chi connectivity index (χ4v) is 2.55. The number of rotatable bonds is 6. The smallest absolute Gasteiger partial charge is 0.321 e. The van der Waals surface area contributed by atoms with Crippen LogP contribution in [0.25, 0.3) is 11.5 Å². The highest BCUT2D eigenvalue weighted by atomic mass is 32.2. The lowest BCUT2D eigenvalue weighted by Gasteiger charge is -2.06. The predicted molar refractivity (Wildman–Crippen MR) is 95.1 cm³/mol. The zero-order valence-corrected chi connectivity index (χ0v) is 14.4. The van der Waals surface area contributed by atoms with Crippen LogP contribution in [0, 0.1) is 0 Å². The van der Waals surface area contributed by atoms with Gasteiger partial charge in [-0.15, -0.1) is 10.2 Å². The Balaban J connectivity index is 1.42. The van der Waals surface area contributed by atoms with Gasteiger partial charge >= 0.3 is 6.03 Å². The Bertz CT molecular complexity index is 870. The Kier molecular flexibility index (Phi) is 5.94. The molecular weight excluding hydrogens is 354 g/mol. The molecule has 0 aliphatic rings. The molecule has 0 aliphatic carbocycles. The van der Waals surface area contributed by atoms with Crippen LogP contribution >= 0.6 is 11.8 Å². The third-order valence-electron chi connectivity index (χ3n) is 3.19. The quantitative estimate of drug-likeness (QED) is 0.641. The van der Waals surface area contributed by atoms with Crippen molar-refractivity contribution >= 4 is 23.7 Å². The lowest BCUT2D eigenvalue weighted by Crippen LogP contribution is -2.39. The molecule has 0 saturated heterocycles. The fraction of sp³-hybridized carbons (Fsp3) is 0.118. The molecule has 2 heterocycles. The van der Waals surface area contributed by atoms with Gasteiger partial charge in [0.15, 0.2) is 0 Å². The van der Waals surface area contributed by atoms with Gasteiger partial charge < -0.3 is 9.73 Å². The summed E-state index contributed by atoms with van der Waals surface area (Å²) in [5, 5.41) is 12.9. The number of thioether (sulfide) groups is 1. The molecular formula is C17H15N5O3S. The Labute approximate surface area is 153 Å². The van der Waals surface area contributed by atoms with E-state index in [1.54, 1.807) is 24.5 Å². The van der Waals surface area contributed by atoms with Crippen molar-refractivity contribution < 1.29 is 14.0 Å². The van der Waals surface area contributed by atoms with E-state index in [1.807, 2.05) is 30.3 Å². The van der Waals surface area contributed by atoms with E-state index in [2.05, 4.69) is 25.8 Å². The second-order valence-electron chi connectivity index (χ2n) is 5.12. The maximum Gasteiger partial charge on any atom is 0.321 e. The Hall–Kier alpha value is -3.20. The first-order valence-corrected chi connectivity index (χ1v) is 8.67. The molecule has 3 amide bonds. The lowest BCUT2D eigenvalue weighted by atomic mass is 10.2. The first kappa shape index (κ1) is 17.6. The van der Waals surface area contributed by atoms with Gasteiger partial charge in [0, 0.05) is 18.9 Å². The number of urea groups is 1. The molecule has 3 rings (SSSR count). The summed E-state index contributed by atoms with van der Waals surface area (Å²) in [6.45, 7) is 0.339. The third kappa shape index (κ3) is 5.15. The second-order valence-corrected chi connectivity index (χ2v) is 6.05. The standard InChI is InChI=1S/C17H15N5O3S/c23-14(20-16(24)19-9-12-5-2-1-3-6-12)11-26-17-22-21-15(25-17)13-7-4-8-18-10-13/h1-8,10H,9,11H2,(H2,19,20,23,24). The molecule has 0 bridgehead atoms. The number of imide groups is 1. The van der Waals surface area contributed by atoms with Gasteiger partial charge in [0.05, 0.1) is 11.3 Å². The summed E-state index contributed by atoms with van der Waals surface area (Å²) >= 11 is 1.05. The molecule has 132 valence electrons. The number of hydrogen-bond acceptors (Lipinski definition) is 7. The summed E-state index contributed by atoms with van der Waals surface area (Å²) in [7, 11) is 0. The summed E-state index contributed by atoms with van der Waals surface area (Å²) in [5.74, 6) is -0.156. The minimum Gasteiger partial charge on any atom is -0.411 e. The molecule has 9 heteroatoms. The molecule has 3 aromatic rings. The molecule has 8 nitrogen and oxygen atoms in total. The molecule has 0 spiro atoms. The average molecular weight is 369 g/mol. The number of nitrogens with one attached hydrogen (secondary N) is 2. The van der Waals surface area contributed by atoms with Crippen molar-refractivity contribution in [1.29, 1.82) is 0 Å². The van der Waals surface area contributed by atoms with Crippen molar-refractivity contribution in [3.63, 3.8) is 0 Å². The van der Waals surface area contributed by atoms with Crippen LogP contribution < -0.4 is 10.6 Å². The van der Waals surface area contributed by atoms with Gasteiger partial charge in [-0.3, -0.25) is 15.1 Å². The average Bonchev–Trinajstić information content (AvgIpc) is 3.15. The zero-order chi connectivity index (χ0) is 18.2. The number of benzene rings is 1. The van der Waals surface area contributed by atoms with Crippen molar-refractivity contribution in [2.24, 2.45) is 0 Å². The van der Waals surface area contributed by atoms with Crippen LogP contribution in [0.3, 0.4) is 0 Å². The lowest BCUT2D eigenvalue weighted by molar-refractivity contribution is -0.117. The van der Waals surface area contributed by atoms with E-state index in [1.165, 1.54) is 0 Å². The van der Waals surface area contributed by atoms with Crippen molar-refractivity contribution in [3.8, 4) is 11.5 Å². The SMILES string of the molecule is O=C(CSc1nnc(-c2cccnc2)o1)NC(=O)NCc1ccccc1. The van der Waals surface area contributed by atoms with Crippen LogP contribution in [0.1, 0.15) is 5.56 Å². The van der Waals surface area contributed by atoms with Gasteiger partial charge in [-0.25, -0.2) is 4.79 Å². The molecule has 0 saturated carbocycles. The van der Waals surface area contributed by atoms with E-state index in [0.717, 1.165) is 17.3 Å². The maximum absolute atomic E-state index is 11.8. The molecule has 1 aromatic carbocycles. The number of hydrogen-bond donors (Lipinski definition) is 2. The molecule has 0 aliphatic heterocycles. The van der Waals surface area contributed by atoms with Crippen LogP contribution in [-0.2, 0) is 11.3 Å². The van der Waals surface area contributed by atoms with E-state index < -0.39 is 11.9 Å².